The summed E-state index contributed by atoms with van der Waals surface area (Å²) >= 11 is 0. The number of carbonyl (C=O) groups is 5. The average molecular weight is 537 g/mol. The zero-order valence-electron chi connectivity index (χ0n) is 21.3. The normalized spacial score (nSPS) is 19.4. The minimum Gasteiger partial charge on any atom is -0.356 e. The molecule has 1 heterocycles. The van der Waals surface area contributed by atoms with Crippen LogP contribution in [0.4, 0.5) is 13.2 Å². The monoisotopic (exact) mass is 536 g/mol. The summed E-state index contributed by atoms with van der Waals surface area (Å²) in [4.78, 5) is 58.0. The molecule has 1 saturated carbocycles. The lowest BCUT2D eigenvalue weighted by atomic mass is 9.84. The van der Waals surface area contributed by atoms with Crippen molar-refractivity contribution in [3.63, 3.8) is 0 Å². The molecule has 1 aliphatic heterocycles. The van der Waals surface area contributed by atoms with Gasteiger partial charge in [0.2, 0.25) is 29.5 Å². The molecule has 3 unspecified atom stereocenters. The van der Waals surface area contributed by atoms with Crippen molar-refractivity contribution < 1.29 is 37.1 Å². The van der Waals surface area contributed by atoms with Gasteiger partial charge in [0, 0.05) is 19.0 Å². The number of hydrogen-bond acceptors (Lipinski definition) is 6. The Bertz CT molecular complexity index is 789. The fourth-order valence-electron chi connectivity index (χ4n) is 3.93. The summed E-state index contributed by atoms with van der Waals surface area (Å²) in [5, 5.41) is 11.9. The minimum atomic E-state index is -4.93. The first-order valence-electron chi connectivity index (χ1n) is 12.6. The van der Waals surface area contributed by atoms with Crippen LogP contribution < -0.4 is 32.3 Å². The summed E-state index contributed by atoms with van der Waals surface area (Å²) in [6.45, 7) is 3.93. The zero-order valence-corrected chi connectivity index (χ0v) is 21.3. The van der Waals surface area contributed by atoms with Crippen LogP contribution in [0.5, 0.6) is 0 Å². The molecule has 37 heavy (non-hydrogen) atoms. The molecule has 0 aromatic heterocycles. The Balaban J connectivity index is 0.000000836. The largest absolute Gasteiger partial charge is 0.412 e. The molecule has 0 bridgehead atoms. The summed E-state index contributed by atoms with van der Waals surface area (Å²) < 4.78 is 37.3. The Hall–Kier alpha value is -2.90. The van der Waals surface area contributed by atoms with Gasteiger partial charge in [0.1, 0.15) is 6.04 Å². The molecule has 11 nitrogen and oxygen atoms in total. The topological polar surface area (TPSA) is 172 Å². The molecular weight excluding hydrogens is 497 g/mol. The number of alkyl halides is 3. The lowest BCUT2D eigenvalue weighted by Gasteiger charge is -2.26. The Labute approximate surface area is 214 Å². The van der Waals surface area contributed by atoms with Crippen LogP contribution in [0, 0.1) is 11.8 Å². The molecule has 1 saturated heterocycles. The average Bonchev–Trinajstić information content (AvgIpc) is 3.22. The fraction of sp³-hybridized carbons (Fsp3) is 0.783. The Kier molecular flexibility index (Phi) is 13.9. The number of carbonyl (C=O) groups excluding carboxylic acids is 5. The fourth-order valence-corrected chi connectivity index (χ4v) is 3.93. The number of halogens is 3. The molecule has 0 radical (unpaired) electrons. The molecule has 0 spiro atoms. The van der Waals surface area contributed by atoms with Gasteiger partial charge in [-0.1, -0.05) is 39.0 Å². The van der Waals surface area contributed by atoms with Gasteiger partial charge in [-0.2, -0.15) is 13.2 Å². The smallest absolute Gasteiger partial charge is 0.356 e. The molecule has 2 aliphatic rings. The van der Waals surface area contributed by atoms with Crippen molar-refractivity contribution in [3.8, 4) is 0 Å². The molecule has 3 atom stereocenters. The standard InChI is InChI=1S/C18H30F3N5O4.C5H9NO/c1-2-23-13(27)9-24-16(29)12(8-11-6-4-3-5-7-11)26-14(28)10-25-17(30)15(22)18(19,20)21;1-4-2-3-6-5(4)7/h11-12,15H,2-10,22H2,1H3,(H,23,27)(H,24,29)(H,25,30)(H,26,28);4H,2-3H2,1H3,(H,6,7). The second-order valence-corrected chi connectivity index (χ2v) is 9.25. The molecule has 212 valence electrons. The summed E-state index contributed by atoms with van der Waals surface area (Å²) in [5.74, 6) is -2.65. The van der Waals surface area contributed by atoms with Crippen molar-refractivity contribution in [2.24, 2.45) is 17.6 Å². The Morgan fingerprint density at radius 1 is 0.973 bits per heavy atom. The van der Waals surface area contributed by atoms with Crippen molar-refractivity contribution in [2.75, 3.05) is 26.2 Å². The molecule has 0 aromatic carbocycles. The van der Waals surface area contributed by atoms with Gasteiger partial charge >= 0.3 is 6.18 Å². The predicted octanol–water partition coefficient (Wildman–Crippen LogP) is -0.158. The second kappa shape index (κ2) is 16.0. The van der Waals surface area contributed by atoms with E-state index in [1.54, 1.807) is 6.92 Å². The van der Waals surface area contributed by atoms with Gasteiger partial charge in [-0.25, -0.2) is 0 Å². The molecule has 7 N–H and O–H groups in total. The van der Waals surface area contributed by atoms with Crippen LogP contribution in [0.15, 0.2) is 0 Å². The molecule has 2 rings (SSSR count). The highest BCUT2D eigenvalue weighted by molar-refractivity contribution is 5.92. The van der Waals surface area contributed by atoms with E-state index in [0.717, 1.165) is 45.1 Å². The number of rotatable bonds is 10. The first kappa shape index (κ1) is 32.1. The second-order valence-electron chi connectivity index (χ2n) is 9.25. The third-order valence-electron chi connectivity index (χ3n) is 6.13. The van der Waals surface area contributed by atoms with E-state index in [2.05, 4.69) is 21.3 Å². The van der Waals surface area contributed by atoms with E-state index >= 15 is 0 Å². The van der Waals surface area contributed by atoms with Crippen LogP contribution in [0.3, 0.4) is 0 Å². The summed E-state index contributed by atoms with van der Waals surface area (Å²) in [5.41, 5.74) is 4.78. The highest BCUT2D eigenvalue weighted by Gasteiger charge is 2.42. The lowest BCUT2D eigenvalue weighted by Crippen LogP contribution is -2.54. The maximum absolute atomic E-state index is 12.5. The van der Waals surface area contributed by atoms with Gasteiger partial charge in [-0.05, 0) is 25.7 Å². The van der Waals surface area contributed by atoms with Gasteiger partial charge < -0.3 is 32.3 Å². The maximum Gasteiger partial charge on any atom is 0.412 e. The first-order chi connectivity index (χ1) is 17.3. The van der Waals surface area contributed by atoms with Crippen LogP contribution in [0.1, 0.15) is 58.8 Å². The highest BCUT2D eigenvalue weighted by Crippen LogP contribution is 2.27. The van der Waals surface area contributed by atoms with Crippen LogP contribution in [-0.4, -0.2) is 74.0 Å². The van der Waals surface area contributed by atoms with Crippen molar-refractivity contribution in [2.45, 2.75) is 77.1 Å². The summed E-state index contributed by atoms with van der Waals surface area (Å²) in [6.07, 6.45) is 1.34. The van der Waals surface area contributed by atoms with Gasteiger partial charge in [0.05, 0.1) is 13.1 Å². The molecule has 14 heteroatoms. The molecular formula is C23H39F3N6O5. The third kappa shape index (κ3) is 12.8. The van der Waals surface area contributed by atoms with Crippen molar-refractivity contribution in [3.05, 3.63) is 0 Å². The lowest BCUT2D eigenvalue weighted by molar-refractivity contribution is -0.163. The van der Waals surface area contributed by atoms with Gasteiger partial charge in [-0.15, -0.1) is 0 Å². The van der Waals surface area contributed by atoms with Gasteiger partial charge in [0.15, 0.2) is 6.04 Å². The highest BCUT2D eigenvalue weighted by atomic mass is 19.4. The van der Waals surface area contributed by atoms with Gasteiger partial charge in [0.25, 0.3) is 0 Å². The zero-order chi connectivity index (χ0) is 28.0. The first-order valence-corrected chi connectivity index (χ1v) is 12.6. The Morgan fingerprint density at radius 2 is 1.57 bits per heavy atom. The van der Waals surface area contributed by atoms with Crippen molar-refractivity contribution in [1.82, 2.24) is 26.6 Å². The molecule has 2 fully saturated rings. The van der Waals surface area contributed by atoms with E-state index in [1.807, 2.05) is 12.2 Å². The SMILES string of the molecule is CC1CCNC1=O.CCNC(=O)CNC(=O)C(CC1CCCCC1)NC(=O)CNC(=O)C(N)C(F)(F)F. The minimum absolute atomic E-state index is 0.201. The predicted molar refractivity (Wildman–Crippen MR) is 129 cm³/mol. The van der Waals surface area contributed by atoms with E-state index in [-0.39, 0.29) is 30.2 Å². The van der Waals surface area contributed by atoms with Crippen molar-refractivity contribution >= 4 is 29.5 Å². The quantitative estimate of drug-likeness (QED) is 0.227. The van der Waals surface area contributed by atoms with E-state index in [4.69, 9.17) is 5.73 Å². The van der Waals surface area contributed by atoms with Crippen LogP contribution in [-0.2, 0) is 24.0 Å². The molecule has 5 amide bonds. The number of nitrogens with two attached hydrogens (primary N) is 1. The van der Waals surface area contributed by atoms with E-state index in [1.165, 1.54) is 0 Å². The number of nitrogens with one attached hydrogen (secondary N) is 5. The van der Waals surface area contributed by atoms with Crippen molar-refractivity contribution in [1.29, 1.82) is 0 Å². The van der Waals surface area contributed by atoms with E-state index in [0.29, 0.717) is 13.0 Å². The number of likely N-dealkylation sites (N-methyl/N-ethyl adjacent to an activating group) is 1. The summed E-state index contributed by atoms with van der Waals surface area (Å²) in [7, 11) is 0. The van der Waals surface area contributed by atoms with Crippen LogP contribution >= 0.6 is 0 Å². The number of amides is 5. The van der Waals surface area contributed by atoms with Crippen LogP contribution in [0.2, 0.25) is 0 Å². The molecule has 0 aromatic rings. The van der Waals surface area contributed by atoms with Gasteiger partial charge in [-0.3, -0.25) is 24.0 Å². The van der Waals surface area contributed by atoms with Crippen LogP contribution in [0.25, 0.3) is 0 Å². The van der Waals surface area contributed by atoms with E-state index < -0.39 is 42.5 Å². The van der Waals surface area contributed by atoms with E-state index in [9.17, 15) is 37.1 Å². The molecule has 1 aliphatic carbocycles. The number of hydrogen-bond donors (Lipinski definition) is 6. The third-order valence-corrected chi connectivity index (χ3v) is 6.13. The Morgan fingerprint density at radius 3 is 2.05 bits per heavy atom. The maximum atomic E-state index is 12.5. The summed E-state index contributed by atoms with van der Waals surface area (Å²) in [6, 6.07) is -3.72.